The second-order valence-corrected chi connectivity index (χ2v) is 7.22. The van der Waals surface area contributed by atoms with Crippen molar-refractivity contribution in [1.29, 1.82) is 5.41 Å². The van der Waals surface area contributed by atoms with Crippen LogP contribution in [0.15, 0.2) is 18.3 Å². The van der Waals surface area contributed by atoms with Crippen molar-refractivity contribution in [2.45, 2.75) is 44.4 Å². The van der Waals surface area contributed by atoms with Gasteiger partial charge in [0.1, 0.15) is 0 Å². The van der Waals surface area contributed by atoms with E-state index in [-0.39, 0.29) is 17.8 Å². The van der Waals surface area contributed by atoms with E-state index < -0.39 is 11.9 Å². The van der Waals surface area contributed by atoms with Crippen LogP contribution < -0.4 is 5.73 Å². The standard InChI is InChI=1S/C18H26N8O2/c1-2-3-13(17(27)28)14(16-22-24-25-23-16)8-11-4-5-15(21-9-11)12-6-7-26(10-12)18(19)20/h4-5,9,12-14H,2-3,6-8,10H2,1H3,(H3,19,20)(H,27,28)(H,22,23,24,25). The summed E-state index contributed by atoms with van der Waals surface area (Å²) in [4.78, 5) is 18.2. The van der Waals surface area contributed by atoms with Gasteiger partial charge in [-0.15, -0.1) is 10.2 Å². The SMILES string of the molecule is CCCC(C(=O)O)C(Cc1ccc(C2CCN(C(=N)N)C2)nc1)c1nn[nH]n1. The number of carbonyl (C=O) groups is 1. The highest BCUT2D eigenvalue weighted by atomic mass is 16.4. The van der Waals surface area contributed by atoms with Crippen molar-refractivity contribution in [2.24, 2.45) is 11.7 Å². The first-order valence-electron chi connectivity index (χ1n) is 9.49. The number of rotatable bonds is 8. The molecular formula is C18H26N8O2. The highest BCUT2D eigenvalue weighted by Gasteiger charge is 2.32. The number of tetrazole rings is 1. The van der Waals surface area contributed by atoms with E-state index in [0.29, 0.717) is 25.2 Å². The first-order valence-corrected chi connectivity index (χ1v) is 9.49. The Kier molecular flexibility index (Phi) is 6.17. The van der Waals surface area contributed by atoms with Crippen LogP contribution >= 0.6 is 0 Å². The summed E-state index contributed by atoms with van der Waals surface area (Å²) in [5, 5.41) is 31.3. The van der Waals surface area contributed by atoms with Gasteiger partial charge in [-0.2, -0.15) is 5.21 Å². The van der Waals surface area contributed by atoms with E-state index in [4.69, 9.17) is 11.1 Å². The van der Waals surface area contributed by atoms with E-state index in [9.17, 15) is 9.90 Å². The number of guanidine groups is 1. The zero-order valence-corrected chi connectivity index (χ0v) is 15.9. The number of likely N-dealkylation sites (tertiary alicyclic amines) is 1. The number of nitrogens with one attached hydrogen (secondary N) is 2. The second-order valence-electron chi connectivity index (χ2n) is 7.22. The molecule has 5 N–H and O–H groups in total. The van der Waals surface area contributed by atoms with Gasteiger partial charge in [0.15, 0.2) is 11.8 Å². The van der Waals surface area contributed by atoms with Gasteiger partial charge in [0.05, 0.1) is 5.92 Å². The Morgan fingerprint density at radius 3 is 2.86 bits per heavy atom. The van der Waals surface area contributed by atoms with Crippen molar-refractivity contribution in [1.82, 2.24) is 30.5 Å². The maximum Gasteiger partial charge on any atom is 0.307 e. The highest BCUT2D eigenvalue weighted by molar-refractivity contribution is 5.75. The molecule has 1 fully saturated rings. The predicted octanol–water partition coefficient (Wildman–Crippen LogP) is 1.10. The lowest BCUT2D eigenvalue weighted by Gasteiger charge is -2.21. The third-order valence-corrected chi connectivity index (χ3v) is 5.35. The van der Waals surface area contributed by atoms with Gasteiger partial charge in [0, 0.05) is 36.8 Å². The van der Waals surface area contributed by atoms with Crippen LogP contribution in [-0.4, -0.2) is 60.6 Å². The highest BCUT2D eigenvalue weighted by Crippen LogP contribution is 2.30. The van der Waals surface area contributed by atoms with Crippen LogP contribution in [0.3, 0.4) is 0 Å². The molecule has 0 saturated carbocycles. The Labute approximate surface area is 163 Å². The summed E-state index contributed by atoms with van der Waals surface area (Å²) < 4.78 is 0. The second kappa shape index (κ2) is 8.77. The van der Waals surface area contributed by atoms with Gasteiger partial charge in [-0.05, 0) is 30.9 Å². The fraction of sp³-hybridized carbons (Fsp3) is 0.556. The summed E-state index contributed by atoms with van der Waals surface area (Å²) in [6.45, 7) is 3.43. The van der Waals surface area contributed by atoms with E-state index in [0.717, 1.165) is 30.6 Å². The number of carboxylic acid groups (broad SMARTS) is 1. The van der Waals surface area contributed by atoms with E-state index in [2.05, 4.69) is 25.6 Å². The van der Waals surface area contributed by atoms with Crippen LogP contribution in [0.5, 0.6) is 0 Å². The molecule has 2 aromatic heterocycles. The van der Waals surface area contributed by atoms with E-state index >= 15 is 0 Å². The van der Waals surface area contributed by atoms with Crippen LogP contribution in [-0.2, 0) is 11.2 Å². The van der Waals surface area contributed by atoms with E-state index in [1.807, 2.05) is 24.0 Å². The van der Waals surface area contributed by atoms with E-state index in [1.165, 1.54) is 0 Å². The third-order valence-electron chi connectivity index (χ3n) is 5.35. The lowest BCUT2D eigenvalue weighted by atomic mass is 9.83. The molecule has 0 aromatic carbocycles. The summed E-state index contributed by atoms with van der Waals surface area (Å²) in [6.07, 6.45) is 4.49. The van der Waals surface area contributed by atoms with Crippen LogP contribution in [0.4, 0.5) is 0 Å². The fourth-order valence-electron chi connectivity index (χ4n) is 3.82. The molecule has 10 heteroatoms. The minimum absolute atomic E-state index is 0.0951. The molecule has 2 aromatic rings. The van der Waals surface area contributed by atoms with Gasteiger partial charge >= 0.3 is 5.97 Å². The Bertz CT molecular complexity index is 792. The molecule has 1 saturated heterocycles. The van der Waals surface area contributed by atoms with Crippen LogP contribution in [0.2, 0.25) is 0 Å². The van der Waals surface area contributed by atoms with Gasteiger partial charge in [0.25, 0.3) is 0 Å². The zero-order chi connectivity index (χ0) is 20.1. The molecule has 0 amide bonds. The van der Waals surface area contributed by atoms with Crippen LogP contribution in [0.1, 0.15) is 55.1 Å². The number of aromatic nitrogens is 5. The molecule has 0 aliphatic carbocycles. The summed E-state index contributed by atoms with van der Waals surface area (Å²) in [5.74, 6) is -1.05. The van der Waals surface area contributed by atoms with Gasteiger partial charge in [-0.3, -0.25) is 15.2 Å². The average molecular weight is 386 g/mol. The summed E-state index contributed by atoms with van der Waals surface area (Å²) in [7, 11) is 0. The number of nitrogens with two attached hydrogens (primary N) is 1. The van der Waals surface area contributed by atoms with Crippen molar-refractivity contribution >= 4 is 11.9 Å². The fourth-order valence-corrected chi connectivity index (χ4v) is 3.82. The van der Waals surface area contributed by atoms with Gasteiger partial charge in [-0.1, -0.05) is 24.6 Å². The molecule has 1 aliphatic rings. The number of aromatic amines is 1. The smallest absolute Gasteiger partial charge is 0.307 e. The van der Waals surface area contributed by atoms with Crippen molar-refractivity contribution in [2.75, 3.05) is 13.1 Å². The minimum atomic E-state index is -0.850. The van der Waals surface area contributed by atoms with Crippen molar-refractivity contribution in [3.63, 3.8) is 0 Å². The lowest BCUT2D eigenvalue weighted by Crippen LogP contribution is -2.34. The number of nitrogens with zero attached hydrogens (tertiary/aromatic N) is 5. The number of aliphatic carboxylic acids is 1. The molecule has 3 atom stereocenters. The molecule has 3 rings (SSSR count). The molecule has 1 aliphatic heterocycles. The maximum atomic E-state index is 11.8. The van der Waals surface area contributed by atoms with Gasteiger partial charge in [0.2, 0.25) is 0 Å². The van der Waals surface area contributed by atoms with Crippen molar-refractivity contribution in [3.05, 3.63) is 35.4 Å². The first kappa shape index (κ1) is 19.7. The number of carboxylic acids is 1. The normalized spacial score (nSPS) is 18.8. The Morgan fingerprint density at radius 2 is 2.32 bits per heavy atom. The molecule has 0 spiro atoms. The Hall–Kier alpha value is -3.04. The average Bonchev–Trinajstić information content (AvgIpc) is 3.36. The van der Waals surface area contributed by atoms with Crippen molar-refractivity contribution in [3.8, 4) is 0 Å². The molecule has 150 valence electrons. The molecule has 28 heavy (non-hydrogen) atoms. The first-order chi connectivity index (χ1) is 13.5. The topological polar surface area (TPSA) is 158 Å². The molecule has 3 heterocycles. The van der Waals surface area contributed by atoms with E-state index in [1.54, 1.807) is 6.20 Å². The predicted molar refractivity (Wildman–Crippen MR) is 102 cm³/mol. The third kappa shape index (κ3) is 4.44. The molecule has 0 bridgehead atoms. The maximum absolute atomic E-state index is 11.8. The number of pyridine rings is 1. The molecule has 10 nitrogen and oxygen atoms in total. The number of hydrogen-bond acceptors (Lipinski definition) is 6. The molecule has 3 unspecified atom stereocenters. The number of hydrogen-bond donors (Lipinski definition) is 4. The van der Waals surface area contributed by atoms with Gasteiger partial charge in [-0.25, -0.2) is 0 Å². The Morgan fingerprint density at radius 1 is 1.50 bits per heavy atom. The summed E-state index contributed by atoms with van der Waals surface area (Å²) >= 11 is 0. The minimum Gasteiger partial charge on any atom is -0.481 e. The monoisotopic (exact) mass is 386 g/mol. The van der Waals surface area contributed by atoms with Crippen LogP contribution in [0.25, 0.3) is 0 Å². The quantitative estimate of drug-likeness (QED) is 0.388. The summed E-state index contributed by atoms with van der Waals surface area (Å²) in [6, 6.07) is 3.96. The number of H-pyrrole nitrogens is 1. The lowest BCUT2D eigenvalue weighted by molar-refractivity contribution is -0.142. The zero-order valence-electron chi connectivity index (χ0n) is 15.9. The summed E-state index contributed by atoms with van der Waals surface area (Å²) in [5.41, 5.74) is 7.46. The largest absolute Gasteiger partial charge is 0.481 e. The molecular weight excluding hydrogens is 360 g/mol. The van der Waals surface area contributed by atoms with Crippen molar-refractivity contribution < 1.29 is 9.90 Å². The van der Waals surface area contributed by atoms with Crippen LogP contribution in [0, 0.1) is 11.3 Å². The molecule has 0 radical (unpaired) electrons. The van der Waals surface area contributed by atoms with Gasteiger partial charge < -0.3 is 15.7 Å². The Balaban J connectivity index is 1.74.